The molecule has 112 valence electrons. The Labute approximate surface area is 141 Å². The van der Waals surface area contributed by atoms with Gasteiger partial charge in [-0.05, 0) is 48.0 Å². The summed E-state index contributed by atoms with van der Waals surface area (Å²) in [7, 11) is 1.63. The molecule has 21 heavy (non-hydrogen) atoms. The van der Waals surface area contributed by atoms with Crippen LogP contribution in [0.4, 0.5) is 4.39 Å². The molecule has 2 nitrogen and oxygen atoms in total. The average Bonchev–Trinajstić information content (AvgIpc) is 2.48. The topological polar surface area (TPSA) is 21.3 Å². The normalized spacial score (nSPS) is 12.2. The SMILES string of the molecule is CCNC(c1ccc(OC)cc1Br)c1cc(F)ccc1Br. The first-order valence-electron chi connectivity index (χ1n) is 6.58. The molecule has 0 spiro atoms. The average molecular weight is 417 g/mol. The molecule has 0 aromatic heterocycles. The molecule has 0 heterocycles. The van der Waals surface area contributed by atoms with Crippen LogP contribution in [0.25, 0.3) is 0 Å². The zero-order chi connectivity index (χ0) is 15.4. The molecule has 2 aromatic rings. The Morgan fingerprint density at radius 1 is 1.10 bits per heavy atom. The fraction of sp³-hybridized carbons (Fsp3) is 0.250. The molecule has 0 saturated heterocycles. The number of benzene rings is 2. The summed E-state index contributed by atoms with van der Waals surface area (Å²) < 4.78 is 20.6. The van der Waals surface area contributed by atoms with Gasteiger partial charge in [0, 0.05) is 8.95 Å². The smallest absolute Gasteiger partial charge is 0.123 e. The highest BCUT2D eigenvalue weighted by molar-refractivity contribution is 9.10. The van der Waals surface area contributed by atoms with Crippen LogP contribution in [-0.4, -0.2) is 13.7 Å². The van der Waals surface area contributed by atoms with E-state index in [1.54, 1.807) is 19.2 Å². The van der Waals surface area contributed by atoms with Crippen molar-refractivity contribution in [2.45, 2.75) is 13.0 Å². The first-order valence-corrected chi connectivity index (χ1v) is 8.17. The first-order chi connectivity index (χ1) is 10.1. The number of nitrogens with one attached hydrogen (secondary N) is 1. The van der Waals surface area contributed by atoms with E-state index in [9.17, 15) is 4.39 Å². The fourth-order valence-electron chi connectivity index (χ4n) is 2.20. The molecule has 1 atom stereocenters. The first kappa shape index (κ1) is 16.5. The van der Waals surface area contributed by atoms with Crippen LogP contribution >= 0.6 is 31.9 Å². The van der Waals surface area contributed by atoms with Gasteiger partial charge in [0.05, 0.1) is 13.2 Å². The highest BCUT2D eigenvalue weighted by Crippen LogP contribution is 2.34. The number of rotatable bonds is 5. The summed E-state index contributed by atoms with van der Waals surface area (Å²) in [4.78, 5) is 0. The van der Waals surface area contributed by atoms with Crippen LogP contribution < -0.4 is 10.1 Å². The van der Waals surface area contributed by atoms with Crippen molar-refractivity contribution < 1.29 is 9.13 Å². The van der Waals surface area contributed by atoms with Gasteiger partial charge in [-0.3, -0.25) is 0 Å². The Balaban J connectivity index is 2.50. The largest absolute Gasteiger partial charge is 0.497 e. The van der Waals surface area contributed by atoms with E-state index >= 15 is 0 Å². The summed E-state index contributed by atoms with van der Waals surface area (Å²) >= 11 is 7.07. The maximum absolute atomic E-state index is 13.6. The molecular formula is C16H16Br2FNO. The van der Waals surface area contributed by atoms with Gasteiger partial charge in [-0.2, -0.15) is 0 Å². The molecule has 0 amide bonds. The van der Waals surface area contributed by atoms with E-state index in [1.165, 1.54) is 6.07 Å². The van der Waals surface area contributed by atoms with E-state index in [4.69, 9.17) is 4.74 Å². The van der Waals surface area contributed by atoms with E-state index in [0.717, 1.165) is 32.4 Å². The highest BCUT2D eigenvalue weighted by atomic mass is 79.9. The van der Waals surface area contributed by atoms with Crippen molar-refractivity contribution in [3.63, 3.8) is 0 Å². The molecule has 0 radical (unpaired) electrons. The standard InChI is InChI=1S/C16H16Br2FNO/c1-3-20-16(13-8-10(19)4-7-14(13)17)12-6-5-11(21-2)9-15(12)18/h4-9,16,20H,3H2,1-2H3. The maximum Gasteiger partial charge on any atom is 0.123 e. The lowest BCUT2D eigenvalue weighted by Crippen LogP contribution is -2.23. The summed E-state index contributed by atoms with van der Waals surface area (Å²) in [5.74, 6) is 0.528. The molecule has 0 aliphatic carbocycles. The Morgan fingerprint density at radius 3 is 2.48 bits per heavy atom. The minimum atomic E-state index is -0.249. The van der Waals surface area contributed by atoms with Crippen LogP contribution in [0.2, 0.25) is 0 Å². The molecule has 1 unspecified atom stereocenters. The molecule has 0 aliphatic rings. The summed E-state index contributed by atoms with van der Waals surface area (Å²) in [6.07, 6.45) is 0. The van der Waals surface area contributed by atoms with Gasteiger partial charge in [0.2, 0.25) is 0 Å². The van der Waals surface area contributed by atoms with E-state index < -0.39 is 0 Å². The molecule has 0 bridgehead atoms. The summed E-state index contributed by atoms with van der Waals surface area (Å²) in [6, 6.07) is 10.4. The lowest BCUT2D eigenvalue weighted by Gasteiger charge is -2.22. The predicted molar refractivity (Wildman–Crippen MR) is 90.3 cm³/mol. The van der Waals surface area contributed by atoms with Crippen molar-refractivity contribution in [2.24, 2.45) is 0 Å². The molecule has 1 N–H and O–H groups in total. The third-order valence-electron chi connectivity index (χ3n) is 3.20. The Morgan fingerprint density at radius 2 is 1.86 bits per heavy atom. The van der Waals surface area contributed by atoms with E-state index in [2.05, 4.69) is 37.2 Å². The Kier molecular flexibility index (Phi) is 5.79. The molecule has 0 fully saturated rings. The van der Waals surface area contributed by atoms with E-state index in [1.807, 2.05) is 25.1 Å². The van der Waals surface area contributed by atoms with Gasteiger partial charge in [-0.15, -0.1) is 0 Å². The van der Waals surface area contributed by atoms with Gasteiger partial charge in [0.25, 0.3) is 0 Å². The van der Waals surface area contributed by atoms with Crippen LogP contribution in [0.1, 0.15) is 24.1 Å². The van der Waals surface area contributed by atoms with Crippen molar-refractivity contribution in [1.82, 2.24) is 5.32 Å². The molecular weight excluding hydrogens is 401 g/mol. The van der Waals surface area contributed by atoms with Crippen LogP contribution in [-0.2, 0) is 0 Å². The second kappa shape index (κ2) is 7.38. The molecule has 0 aliphatic heterocycles. The van der Waals surface area contributed by atoms with E-state index in [0.29, 0.717) is 0 Å². The summed E-state index contributed by atoms with van der Waals surface area (Å²) in [6.45, 7) is 2.80. The van der Waals surface area contributed by atoms with Gasteiger partial charge >= 0.3 is 0 Å². The van der Waals surface area contributed by atoms with Gasteiger partial charge in [-0.25, -0.2) is 4.39 Å². The zero-order valence-electron chi connectivity index (χ0n) is 11.8. The quantitative estimate of drug-likeness (QED) is 0.735. The number of hydrogen-bond donors (Lipinski definition) is 1. The van der Waals surface area contributed by atoms with Gasteiger partial charge in [0.1, 0.15) is 11.6 Å². The third-order valence-corrected chi connectivity index (χ3v) is 4.60. The second-order valence-corrected chi connectivity index (χ2v) is 6.25. The molecule has 0 saturated carbocycles. The van der Waals surface area contributed by atoms with Crippen LogP contribution in [0.5, 0.6) is 5.75 Å². The monoisotopic (exact) mass is 415 g/mol. The van der Waals surface area contributed by atoms with Crippen molar-refractivity contribution >= 4 is 31.9 Å². The van der Waals surface area contributed by atoms with Gasteiger partial charge in [0.15, 0.2) is 0 Å². The van der Waals surface area contributed by atoms with Crippen LogP contribution in [0, 0.1) is 5.82 Å². The number of ether oxygens (including phenoxy) is 1. The van der Waals surface area contributed by atoms with Gasteiger partial charge < -0.3 is 10.1 Å². The van der Waals surface area contributed by atoms with Crippen molar-refractivity contribution in [1.29, 1.82) is 0 Å². The maximum atomic E-state index is 13.6. The number of methoxy groups -OCH3 is 1. The van der Waals surface area contributed by atoms with Crippen molar-refractivity contribution in [3.8, 4) is 5.75 Å². The number of hydrogen-bond acceptors (Lipinski definition) is 2. The van der Waals surface area contributed by atoms with Crippen LogP contribution in [0.3, 0.4) is 0 Å². The molecule has 2 aromatic carbocycles. The Hall–Kier alpha value is -0.910. The third kappa shape index (κ3) is 3.84. The van der Waals surface area contributed by atoms with Crippen molar-refractivity contribution in [3.05, 3.63) is 62.3 Å². The summed E-state index contributed by atoms with van der Waals surface area (Å²) in [5, 5.41) is 3.39. The van der Waals surface area contributed by atoms with Crippen LogP contribution in [0.15, 0.2) is 45.3 Å². The molecule has 5 heteroatoms. The van der Waals surface area contributed by atoms with Gasteiger partial charge in [-0.1, -0.05) is 44.8 Å². The Bertz CT molecular complexity index is 634. The zero-order valence-corrected chi connectivity index (χ0v) is 15.0. The van der Waals surface area contributed by atoms with Crippen molar-refractivity contribution in [2.75, 3.05) is 13.7 Å². The minimum absolute atomic E-state index is 0.111. The minimum Gasteiger partial charge on any atom is -0.497 e. The predicted octanol–water partition coefficient (Wildman–Crippen LogP) is 5.06. The summed E-state index contributed by atoms with van der Waals surface area (Å²) in [5.41, 5.74) is 1.90. The second-order valence-electron chi connectivity index (χ2n) is 4.54. The fourth-order valence-corrected chi connectivity index (χ4v) is 3.26. The lowest BCUT2D eigenvalue weighted by molar-refractivity contribution is 0.414. The lowest BCUT2D eigenvalue weighted by atomic mass is 9.98. The highest BCUT2D eigenvalue weighted by Gasteiger charge is 2.19. The molecule has 2 rings (SSSR count). The number of halogens is 3. The van der Waals surface area contributed by atoms with E-state index in [-0.39, 0.29) is 11.9 Å².